The van der Waals surface area contributed by atoms with Gasteiger partial charge in [-0.1, -0.05) is 47.6 Å². The van der Waals surface area contributed by atoms with Crippen LogP contribution in [0.5, 0.6) is 5.75 Å². The number of hydrogen-bond acceptors (Lipinski definition) is 5. The Morgan fingerprint density at radius 3 is 2.47 bits per heavy atom. The van der Waals surface area contributed by atoms with Gasteiger partial charge in [-0.15, -0.1) is 23.4 Å². The van der Waals surface area contributed by atoms with Gasteiger partial charge in [-0.25, -0.2) is 0 Å². The number of hydrogen-bond donors (Lipinski definition) is 0. The summed E-state index contributed by atoms with van der Waals surface area (Å²) >= 11 is 7.77. The Labute approximate surface area is 181 Å². The van der Waals surface area contributed by atoms with Crippen LogP contribution in [-0.2, 0) is 17.0 Å². The Kier molecular flexibility index (Phi) is 7.63. The zero-order valence-corrected chi connectivity index (χ0v) is 17.6. The maximum atomic E-state index is 12.3. The third kappa shape index (κ3) is 6.13. The highest BCUT2D eigenvalue weighted by Crippen LogP contribution is 2.31. The highest BCUT2D eigenvalue weighted by molar-refractivity contribution is 7.98. The van der Waals surface area contributed by atoms with Gasteiger partial charge in [0.1, 0.15) is 5.75 Å². The molecular formula is C20H19ClF3N3O2S. The van der Waals surface area contributed by atoms with Crippen molar-refractivity contribution < 1.29 is 22.6 Å². The molecule has 0 atom stereocenters. The largest absolute Gasteiger partial charge is 0.573 e. The topological polar surface area (TPSA) is 49.2 Å². The molecule has 0 bridgehead atoms. The van der Waals surface area contributed by atoms with Crippen molar-refractivity contribution in [1.29, 1.82) is 0 Å². The summed E-state index contributed by atoms with van der Waals surface area (Å²) in [7, 11) is 1.64. The van der Waals surface area contributed by atoms with Crippen molar-refractivity contribution in [2.75, 3.05) is 13.7 Å². The number of halogens is 4. The highest BCUT2D eigenvalue weighted by Gasteiger charge is 2.30. The minimum absolute atomic E-state index is 0.250. The molecular weight excluding hydrogens is 439 g/mol. The van der Waals surface area contributed by atoms with Gasteiger partial charge in [-0.3, -0.25) is 0 Å². The fraction of sp³-hybridized carbons (Fsp3) is 0.300. The van der Waals surface area contributed by atoms with Crippen LogP contribution in [0.25, 0.3) is 11.4 Å². The summed E-state index contributed by atoms with van der Waals surface area (Å²) in [6.45, 7) is 1.23. The summed E-state index contributed by atoms with van der Waals surface area (Å²) in [6.07, 6.45) is -3.94. The van der Waals surface area contributed by atoms with Gasteiger partial charge in [0.05, 0.1) is 5.02 Å². The summed E-state index contributed by atoms with van der Waals surface area (Å²) in [4.78, 5) is 0. The van der Waals surface area contributed by atoms with Crippen LogP contribution in [-0.4, -0.2) is 34.8 Å². The molecule has 0 fully saturated rings. The van der Waals surface area contributed by atoms with Crippen LogP contribution in [0, 0.1) is 0 Å². The highest BCUT2D eigenvalue weighted by atomic mass is 35.5. The van der Waals surface area contributed by atoms with E-state index in [0.717, 1.165) is 17.5 Å². The third-order valence-electron chi connectivity index (χ3n) is 4.09. The maximum Gasteiger partial charge on any atom is 0.573 e. The molecule has 0 unspecified atom stereocenters. The van der Waals surface area contributed by atoms with Gasteiger partial charge in [-0.2, -0.15) is 0 Å². The predicted octanol–water partition coefficient (Wildman–Crippen LogP) is 5.83. The van der Waals surface area contributed by atoms with E-state index in [1.165, 1.54) is 23.9 Å². The van der Waals surface area contributed by atoms with E-state index in [1.807, 2.05) is 22.8 Å². The molecule has 1 heterocycles. The molecule has 0 aliphatic rings. The molecule has 0 radical (unpaired) electrons. The second-order valence-corrected chi connectivity index (χ2v) is 7.61. The number of rotatable bonds is 9. The van der Waals surface area contributed by atoms with E-state index < -0.39 is 6.36 Å². The lowest BCUT2D eigenvalue weighted by Crippen LogP contribution is -2.16. The van der Waals surface area contributed by atoms with E-state index in [-0.39, 0.29) is 5.75 Å². The van der Waals surface area contributed by atoms with Crippen LogP contribution >= 0.6 is 23.4 Å². The number of nitrogens with zero attached hydrogens (tertiary/aromatic N) is 3. The first-order chi connectivity index (χ1) is 14.4. The second-order valence-electron chi connectivity index (χ2n) is 6.26. The summed E-state index contributed by atoms with van der Waals surface area (Å²) in [5.41, 5.74) is 1.62. The predicted molar refractivity (Wildman–Crippen MR) is 110 cm³/mol. The lowest BCUT2D eigenvalue weighted by molar-refractivity contribution is -0.274. The maximum absolute atomic E-state index is 12.3. The fourth-order valence-corrected chi connectivity index (χ4v) is 3.88. The molecule has 3 aromatic rings. The fourth-order valence-electron chi connectivity index (χ4n) is 2.74. The number of benzene rings is 2. The molecule has 0 aliphatic carbocycles. The van der Waals surface area contributed by atoms with E-state index >= 15 is 0 Å². The quantitative estimate of drug-likeness (QED) is 0.299. The number of alkyl halides is 3. The van der Waals surface area contributed by atoms with Crippen molar-refractivity contribution >= 4 is 23.4 Å². The lowest BCUT2D eigenvalue weighted by atomic mass is 10.2. The molecule has 30 heavy (non-hydrogen) atoms. The van der Waals surface area contributed by atoms with Crippen molar-refractivity contribution in [2.24, 2.45) is 0 Å². The Morgan fingerprint density at radius 1 is 1.07 bits per heavy atom. The third-order valence-corrected chi connectivity index (χ3v) is 5.45. The van der Waals surface area contributed by atoms with Crippen LogP contribution < -0.4 is 4.74 Å². The molecule has 0 amide bonds. The first-order valence-electron chi connectivity index (χ1n) is 9.02. The number of aromatic nitrogens is 3. The van der Waals surface area contributed by atoms with E-state index in [1.54, 1.807) is 25.3 Å². The van der Waals surface area contributed by atoms with Crippen LogP contribution in [0.15, 0.2) is 53.7 Å². The van der Waals surface area contributed by atoms with Gasteiger partial charge in [0.25, 0.3) is 0 Å². The molecule has 3 rings (SSSR count). The van der Waals surface area contributed by atoms with Crippen molar-refractivity contribution in [1.82, 2.24) is 14.8 Å². The first-order valence-corrected chi connectivity index (χ1v) is 10.4. The molecule has 0 saturated carbocycles. The van der Waals surface area contributed by atoms with Crippen LogP contribution in [0.3, 0.4) is 0 Å². The first kappa shape index (κ1) is 22.5. The Morgan fingerprint density at radius 2 is 1.80 bits per heavy atom. The Bertz CT molecular complexity index is 965. The molecule has 160 valence electrons. The van der Waals surface area contributed by atoms with Crippen molar-refractivity contribution in [3.63, 3.8) is 0 Å². The smallest absolute Gasteiger partial charge is 0.406 e. The number of thioether (sulfide) groups is 1. The monoisotopic (exact) mass is 457 g/mol. The minimum atomic E-state index is -4.70. The minimum Gasteiger partial charge on any atom is -0.406 e. The van der Waals surface area contributed by atoms with Crippen molar-refractivity contribution in [3.8, 4) is 17.1 Å². The number of ether oxygens (including phenoxy) is 2. The van der Waals surface area contributed by atoms with Crippen LogP contribution in [0.4, 0.5) is 13.2 Å². The second kappa shape index (κ2) is 10.2. The SMILES string of the molecule is COCCCn1c(SCc2ccc(OC(F)(F)F)cc2)nnc1-c1ccccc1Cl. The molecule has 0 saturated heterocycles. The zero-order chi connectivity index (χ0) is 21.6. The Balaban J connectivity index is 1.76. The summed E-state index contributed by atoms with van der Waals surface area (Å²) in [5, 5.41) is 9.88. The summed E-state index contributed by atoms with van der Waals surface area (Å²) in [6, 6.07) is 13.2. The van der Waals surface area contributed by atoms with E-state index in [0.29, 0.717) is 34.9 Å². The standard InChI is InChI=1S/C20H19ClF3N3O2S/c1-28-12-4-11-27-18(16-5-2-3-6-17(16)21)25-26-19(27)30-13-14-7-9-15(10-8-14)29-20(22,23)24/h2-3,5-10H,4,11-13H2,1H3. The van der Waals surface area contributed by atoms with E-state index in [2.05, 4.69) is 14.9 Å². The normalized spacial score (nSPS) is 11.6. The Hall–Kier alpha value is -2.23. The van der Waals surface area contributed by atoms with Gasteiger partial charge in [0.2, 0.25) is 0 Å². The summed E-state index contributed by atoms with van der Waals surface area (Å²) in [5.74, 6) is 0.921. The molecule has 2 aromatic carbocycles. The van der Waals surface area contributed by atoms with Crippen LogP contribution in [0.2, 0.25) is 5.02 Å². The van der Waals surface area contributed by atoms with E-state index in [9.17, 15) is 13.2 Å². The number of methoxy groups -OCH3 is 1. The average molecular weight is 458 g/mol. The van der Waals surface area contributed by atoms with Gasteiger partial charge in [-0.05, 0) is 36.2 Å². The van der Waals surface area contributed by atoms with Crippen LogP contribution in [0.1, 0.15) is 12.0 Å². The van der Waals surface area contributed by atoms with Gasteiger partial charge < -0.3 is 14.0 Å². The summed E-state index contributed by atoms with van der Waals surface area (Å²) < 4.78 is 47.9. The molecule has 0 N–H and O–H groups in total. The average Bonchev–Trinajstić information content (AvgIpc) is 3.09. The van der Waals surface area contributed by atoms with Gasteiger partial charge in [0, 0.05) is 31.6 Å². The van der Waals surface area contributed by atoms with Crippen molar-refractivity contribution in [3.05, 3.63) is 59.1 Å². The lowest BCUT2D eigenvalue weighted by Gasteiger charge is -2.11. The molecule has 0 aliphatic heterocycles. The van der Waals surface area contributed by atoms with Gasteiger partial charge in [0.15, 0.2) is 11.0 Å². The van der Waals surface area contributed by atoms with Crippen molar-refractivity contribution in [2.45, 2.75) is 30.2 Å². The molecule has 0 spiro atoms. The van der Waals surface area contributed by atoms with E-state index in [4.69, 9.17) is 16.3 Å². The molecule has 10 heteroatoms. The zero-order valence-electron chi connectivity index (χ0n) is 16.0. The molecule has 1 aromatic heterocycles. The molecule has 5 nitrogen and oxygen atoms in total. The van der Waals surface area contributed by atoms with Gasteiger partial charge >= 0.3 is 6.36 Å².